The standard InChI is InChI=1S/C18H18N2O2/c1-13(2)18(22-21)19-16(14-9-5-3-6-10-14)17(20-18)15-11-7-4-8-12-15/h3-13,21H,1-2H3. The van der Waals surface area contributed by atoms with Gasteiger partial charge in [0, 0.05) is 17.0 Å². The molecule has 4 heteroatoms. The molecule has 3 rings (SSSR count). The molecule has 2 aromatic rings. The van der Waals surface area contributed by atoms with Crippen molar-refractivity contribution in [2.45, 2.75) is 19.7 Å². The smallest absolute Gasteiger partial charge is 0.247 e. The van der Waals surface area contributed by atoms with E-state index in [4.69, 9.17) is 0 Å². The molecule has 0 bridgehead atoms. The van der Waals surface area contributed by atoms with Crippen LogP contribution in [0, 0.1) is 5.92 Å². The number of rotatable bonds is 4. The molecule has 0 unspecified atom stereocenters. The molecule has 4 nitrogen and oxygen atoms in total. The Labute approximate surface area is 129 Å². The summed E-state index contributed by atoms with van der Waals surface area (Å²) in [5.41, 5.74) is 3.36. The van der Waals surface area contributed by atoms with Crippen LogP contribution in [0.25, 0.3) is 0 Å². The topological polar surface area (TPSA) is 54.2 Å². The van der Waals surface area contributed by atoms with Crippen LogP contribution in [-0.2, 0) is 4.89 Å². The van der Waals surface area contributed by atoms with E-state index < -0.39 is 5.85 Å². The molecule has 1 aliphatic rings. The Kier molecular flexibility index (Phi) is 3.88. The van der Waals surface area contributed by atoms with Gasteiger partial charge in [-0.1, -0.05) is 74.5 Å². The summed E-state index contributed by atoms with van der Waals surface area (Å²) in [4.78, 5) is 13.9. The second kappa shape index (κ2) is 5.83. The van der Waals surface area contributed by atoms with Gasteiger partial charge in [0.2, 0.25) is 0 Å². The molecule has 0 saturated carbocycles. The quantitative estimate of drug-likeness (QED) is 0.689. The van der Waals surface area contributed by atoms with Gasteiger partial charge in [-0.3, -0.25) is 0 Å². The average Bonchev–Trinajstić information content (AvgIpc) is 2.98. The van der Waals surface area contributed by atoms with Crippen LogP contribution in [-0.4, -0.2) is 22.5 Å². The summed E-state index contributed by atoms with van der Waals surface area (Å²) in [6, 6.07) is 19.6. The van der Waals surface area contributed by atoms with Crippen LogP contribution in [0.2, 0.25) is 0 Å². The fraction of sp³-hybridized carbons (Fsp3) is 0.222. The number of aliphatic imine (C=N–C) groups is 2. The Bertz CT molecular complexity index is 651. The number of benzene rings is 2. The molecule has 0 atom stereocenters. The molecule has 1 heterocycles. The van der Waals surface area contributed by atoms with Crippen LogP contribution < -0.4 is 0 Å². The lowest BCUT2D eigenvalue weighted by molar-refractivity contribution is -0.329. The molecule has 0 aromatic heterocycles. The highest BCUT2D eigenvalue weighted by atomic mass is 17.1. The normalized spacial score (nSPS) is 16.5. The van der Waals surface area contributed by atoms with Crippen LogP contribution in [0.3, 0.4) is 0 Å². The third-order valence-corrected chi connectivity index (χ3v) is 3.75. The van der Waals surface area contributed by atoms with Crippen molar-refractivity contribution in [2.75, 3.05) is 0 Å². The van der Waals surface area contributed by atoms with E-state index in [9.17, 15) is 5.26 Å². The lowest BCUT2D eigenvalue weighted by Gasteiger charge is -2.22. The van der Waals surface area contributed by atoms with Gasteiger partial charge >= 0.3 is 0 Å². The third-order valence-electron chi connectivity index (χ3n) is 3.75. The second-order valence-corrected chi connectivity index (χ2v) is 5.56. The van der Waals surface area contributed by atoms with E-state index in [-0.39, 0.29) is 5.92 Å². The maximum atomic E-state index is 9.40. The fourth-order valence-electron chi connectivity index (χ4n) is 2.45. The summed E-state index contributed by atoms with van der Waals surface area (Å²) in [6.07, 6.45) is 0. The van der Waals surface area contributed by atoms with Gasteiger partial charge in [0.05, 0.1) is 11.4 Å². The SMILES string of the molecule is CC(C)C1(OO)N=C(c2ccccc2)C(c2ccccc2)=N1. The summed E-state index contributed by atoms with van der Waals surface area (Å²) < 4.78 is 0. The largest absolute Gasteiger partial charge is 0.289 e. The van der Waals surface area contributed by atoms with E-state index in [0.717, 1.165) is 22.6 Å². The van der Waals surface area contributed by atoms with Gasteiger partial charge in [0.1, 0.15) is 0 Å². The summed E-state index contributed by atoms with van der Waals surface area (Å²) in [5, 5.41) is 9.40. The molecule has 0 radical (unpaired) electrons. The zero-order valence-electron chi connectivity index (χ0n) is 12.6. The zero-order chi connectivity index (χ0) is 15.6. The highest BCUT2D eigenvalue weighted by Gasteiger charge is 2.41. The van der Waals surface area contributed by atoms with E-state index in [2.05, 4.69) is 14.9 Å². The Hall–Kier alpha value is -2.30. The predicted molar refractivity (Wildman–Crippen MR) is 87.2 cm³/mol. The molecule has 0 spiro atoms. The Balaban J connectivity index is 2.17. The van der Waals surface area contributed by atoms with Gasteiger partial charge in [0.15, 0.2) is 0 Å². The first-order valence-corrected chi connectivity index (χ1v) is 7.30. The highest BCUT2D eigenvalue weighted by molar-refractivity contribution is 6.54. The molecule has 0 amide bonds. The maximum Gasteiger partial charge on any atom is 0.289 e. The van der Waals surface area contributed by atoms with Crippen molar-refractivity contribution < 1.29 is 10.1 Å². The first kappa shape index (κ1) is 14.6. The molecular formula is C18H18N2O2. The Morgan fingerprint density at radius 2 is 1.23 bits per heavy atom. The van der Waals surface area contributed by atoms with Crippen molar-refractivity contribution in [3.8, 4) is 0 Å². The predicted octanol–water partition coefficient (Wildman–Crippen LogP) is 3.78. The molecule has 1 aliphatic heterocycles. The van der Waals surface area contributed by atoms with Crippen LogP contribution in [0.5, 0.6) is 0 Å². The van der Waals surface area contributed by atoms with E-state index in [1.807, 2.05) is 74.5 Å². The van der Waals surface area contributed by atoms with E-state index in [1.165, 1.54) is 0 Å². The van der Waals surface area contributed by atoms with E-state index in [0.29, 0.717) is 0 Å². The summed E-state index contributed by atoms with van der Waals surface area (Å²) in [7, 11) is 0. The molecule has 1 N–H and O–H groups in total. The second-order valence-electron chi connectivity index (χ2n) is 5.56. The van der Waals surface area contributed by atoms with Gasteiger partial charge in [-0.05, 0) is 0 Å². The van der Waals surface area contributed by atoms with Crippen molar-refractivity contribution in [1.82, 2.24) is 0 Å². The molecular weight excluding hydrogens is 276 g/mol. The van der Waals surface area contributed by atoms with Gasteiger partial charge < -0.3 is 0 Å². The minimum atomic E-state index is -1.28. The fourth-order valence-corrected chi connectivity index (χ4v) is 2.45. The minimum absolute atomic E-state index is 0.0996. The van der Waals surface area contributed by atoms with Crippen LogP contribution in [0.1, 0.15) is 25.0 Å². The molecule has 0 saturated heterocycles. The Morgan fingerprint density at radius 3 is 1.55 bits per heavy atom. The zero-order valence-corrected chi connectivity index (χ0v) is 12.6. The van der Waals surface area contributed by atoms with Crippen molar-refractivity contribution in [3.05, 3.63) is 71.8 Å². The van der Waals surface area contributed by atoms with Crippen molar-refractivity contribution >= 4 is 11.4 Å². The molecule has 112 valence electrons. The van der Waals surface area contributed by atoms with Crippen molar-refractivity contribution in [3.63, 3.8) is 0 Å². The number of hydrogen-bond donors (Lipinski definition) is 1. The molecule has 22 heavy (non-hydrogen) atoms. The van der Waals surface area contributed by atoms with Gasteiger partial charge in [0.25, 0.3) is 5.85 Å². The minimum Gasteiger partial charge on any atom is -0.247 e. The van der Waals surface area contributed by atoms with Gasteiger partial charge in [-0.15, -0.1) is 0 Å². The van der Waals surface area contributed by atoms with Crippen LogP contribution in [0.4, 0.5) is 0 Å². The summed E-state index contributed by atoms with van der Waals surface area (Å²) in [6.45, 7) is 3.83. The first-order chi connectivity index (χ1) is 10.7. The highest BCUT2D eigenvalue weighted by Crippen LogP contribution is 2.32. The summed E-state index contributed by atoms with van der Waals surface area (Å²) >= 11 is 0. The number of hydrogen-bond acceptors (Lipinski definition) is 4. The van der Waals surface area contributed by atoms with E-state index >= 15 is 0 Å². The van der Waals surface area contributed by atoms with Crippen molar-refractivity contribution in [2.24, 2.45) is 15.9 Å². The van der Waals surface area contributed by atoms with Gasteiger partial charge in [-0.25, -0.2) is 15.2 Å². The first-order valence-electron chi connectivity index (χ1n) is 7.30. The summed E-state index contributed by atoms with van der Waals surface area (Å²) in [5.74, 6) is -1.38. The lowest BCUT2D eigenvalue weighted by Crippen LogP contribution is -2.31. The molecule has 0 aliphatic carbocycles. The molecule has 2 aromatic carbocycles. The average molecular weight is 294 g/mol. The maximum absolute atomic E-state index is 9.40. The van der Waals surface area contributed by atoms with Gasteiger partial charge in [-0.2, -0.15) is 4.89 Å². The van der Waals surface area contributed by atoms with Crippen LogP contribution >= 0.6 is 0 Å². The van der Waals surface area contributed by atoms with E-state index in [1.54, 1.807) is 0 Å². The third kappa shape index (κ3) is 2.47. The van der Waals surface area contributed by atoms with Crippen molar-refractivity contribution in [1.29, 1.82) is 0 Å². The number of nitrogens with zero attached hydrogens (tertiary/aromatic N) is 2. The van der Waals surface area contributed by atoms with Crippen LogP contribution in [0.15, 0.2) is 70.6 Å². The lowest BCUT2D eigenvalue weighted by atomic mass is 10.0. The molecule has 0 fully saturated rings. The monoisotopic (exact) mass is 294 g/mol. The Morgan fingerprint density at radius 1 is 0.818 bits per heavy atom.